The van der Waals surface area contributed by atoms with Crippen molar-refractivity contribution in [2.75, 3.05) is 12.3 Å². The van der Waals surface area contributed by atoms with Crippen LogP contribution in [-0.4, -0.2) is 38.8 Å². The summed E-state index contributed by atoms with van der Waals surface area (Å²) in [6, 6.07) is 0. The number of nitrogens with zero attached hydrogens (tertiary/aromatic N) is 2. The van der Waals surface area contributed by atoms with Crippen LogP contribution in [0.25, 0.3) is 0 Å². The number of nitrogens with one attached hydrogen (secondary N) is 1. The number of aliphatic carboxylic acids is 1. The Morgan fingerprint density at radius 1 is 1.47 bits per heavy atom. The van der Waals surface area contributed by atoms with Crippen LogP contribution in [-0.2, 0) is 22.6 Å². The molecule has 1 aromatic heterocycles. The lowest BCUT2D eigenvalue weighted by Gasteiger charge is -2.10. The van der Waals surface area contributed by atoms with E-state index in [0.29, 0.717) is 11.7 Å². The summed E-state index contributed by atoms with van der Waals surface area (Å²) in [5.41, 5.74) is 0.930. The van der Waals surface area contributed by atoms with Crippen molar-refractivity contribution in [1.29, 1.82) is 0 Å². The van der Waals surface area contributed by atoms with Gasteiger partial charge < -0.3 is 15.0 Å². The van der Waals surface area contributed by atoms with Crippen LogP contribution in [0.2, 0.25) is 0 Å². The van der Waals surface area contributed by atoms with Crippen LogP contribution in [0.1, 0.15) is 26.0 Å². The fourth-order valence-corrected chi connectivity index (χ4v) is 2.27. The van der Waals surface area contributed by atoms with Crippen LogP contribution in [0.5, 0.6) is 0 Å². The maximum absolute atomic E-state index is 11.7. The topological polar surface area (TPSA) is 84.2 Å². The summed E-state index contributed by atoms with van der Waals surface area (Å²) < 4.78 is 1.78. The Hall–Kier alpha value is -1.50. The van der Waals surface area contributed by atoms with E-state index in [9.17, 15) is 9.59 Å². The van der Waals surface area contributed by atoms with E-state index in [0.717, 1.165) is 30.3 Å². The highest BCUT2D eigenvalue weighted by Crippen LogP contribution is 2.18. The van der Waals surface area contributed by atoms with Crippen LogP contribution < -0.4 is 5.32 Å². The molecule has 0 aromatic carbocycles. The fraction of sp³-hybridized carbons (Fsp3) is 0.583. The molecule has 0 atom stereocenters. The number of hydrogen-bond acceptors (Lipinski definition) is 4. The van der Waals surface area contributed by atoms with Crippen molar-refractivity contribution >= 4 is 23.6 Å². The SMILES string of the molecule is CCCNC(=O)Cn1c(CC)cnc1SCC(=O)O. The molecule has 1 heterocycles. The Balaban J connectivity index is 2.74. The maximum Gasteiger partial charge on any atom is 0.313 e. The molecule has 1 aromatic rings. The molecule has 0 radical (unpaired) electrons. The number of amides is 1. The molecule has 0 fully saturated rings. The molecule has 0 aliphatic carbocycles. The minimum Gasteiger partial charge on any atom is -0.481 e. The maximum atomic E-state index is 11.7. The Morgan fingerprint density at radius 2 is 2.21 bits per heavy atom. The highest BCUT2D eigenvalue weighted by Gasteiger charge is 2.13. The summed E-state index contributed by atoms with van der Waals surface area (Å²) in [4.78, 5) is 26.5. The monoisotopic (exact) mass is 285 g/mol. The number of carbonyl (C=O) groups is 2. The second kappa shape index (κ2) is 7.83. The standard InChI is InChI=1S/C12H19N3O3S/c1-3-5-13-10(16)7-15-9(4-2)6-14-12(15)19-8-11(17)18/h6H,3-5,7-8H2,1-2H3,(H,13,16)(H,17,18). The zero-order valence-electron chi connectivity index (χ0n) is 11.2. The molecule has 106 valence electrons. The van der Waals surface area contributed by atoms with Crippen molar-refractivity contribution in [3.8, 4) is 0 Å². The van der Waals surface area contributed by atoms with Gasteiger partial charge in [-0.25, -0.2) is 4.98 Å². The average Bonchev–Trinajstić information content (AvgIpc) is 2.76. The highest BCUT2D eigenvalue weighted by atomic mass is 32.2. The molecule has 0 spiro atoms. The molecular weight excluding hydrogens is 266 g/mol. The van der Waals surface area contributed by atoms with Gasteiger partial charge in [-0.1, -0.05) is 25.6 Å². The summed E-state index contributed by atoms with van der Waals surface area (Å²) in [7, 11) is 0. The van der Waals surface area contributed by atoms with E-state index in [1.54, 1.807) is 10.8 Å². The quantitative estimate of drug-likeness (QED) is 0.700. The predicted octanol–water partition coefficient (Wildman–Crippen LogP) is 1.15. The first kappa shape index (κ1) is 15.6. The molecule has 1 amide bonds. The van der Waals surface area contributed by atoms with E-state index in [1.165, 1.54) is 0 Å². The molecule has 1 rings (SSSR count). The summed E-state index contributed by atoms with van der Waals surface area (Å²) >= 11 is 1.13. The van der Waals surface area contributed by atoms with Gasteiger partial charge in [0.05, 0.1) is 5.75 Å². The van der Waals surface area contributed by atoms with Crippen LogP contribution in [0.15, 0.2) is 11.4 Å². The molecule has 0 saturated carbocycles. The van der Waals surface area contributed by atoms with E-state index >= 15 is 0 Å². The second-order valence-electron chi connectivity index (χ2n) is 4.00. The van der Waals surface area contributed by atoms with E-state index in [2.05, 4.69) is 10.3 Å². The van der Waals surface area contributed by atoms with Crippen molar-refractivity contribution < 1.29 is 14.7 Å². The minimum atomic E-state index is -0.895. The normalized spacial score (nSPS) is 10.4. The molecule has 0 saturated heterocycles. The molecule has 6 nitrogen and oxygen atoms in total. The zero-order valence-corrected chi connectivity index (χ0v) is 12.0. The number of imidazole rings is 1. The Bertz CT molecular complexity index is 445. The lowest BCUT2D eigenvalue weighted by atomic mass is 10.3. The number of carboxylic acids is 1. The first-order valence-corrected chi connectivity index (χ1v) is 7.22. The van der Waals surface area contributed by atoms with Crippen molar-refractivity contribution in [2.45, 2.75) is 38.4 Å². The van der Waals surface area contributed by atoms with Crippen LogP contribution >= 0.6 is 11.8 Å². The number of aromatic nitrogens is 2. The van der Waals surface area contributed by atoms with Crippen molar-refractivity contribution in [3.63, 3.8) is 0 Å². The Morgan fingerprint density at radius 3 is 2.79 bits per heavy atom. The Labute approximate surface area is 116 Å². The molecule has 0 bridgehead atoms. The fourth-order valence-electron chi connectivity index (χ4n) is 1.55. The van der Waals surface area contributed by atoms with Gasteiger partial charge in [0.1, 0.15) is 6.54 Å². The molecule has 19 heavy (non-hydrogen) atoms. The third kappa shape index (κ3) is 4.94. The van der Waals surface area contributed by atoms with Gasteiger partial charge in [-0.05, 0) is 12.8 Å². The number of thioether (sulfide) groups is 1. The van der Waals surface area contributed by atoms with Crippen LogP contribution in [0, 0.1) is 0 Å². The summed E-state index contributed by atoms with van der Waals surface area (Å²) in [5, 5.41) is 12.1. The smallest absolute Gasteiger partial charge is 0.313 e. The molecule has 0 aliphatic heterocycles. The van der Waals surface area contributed by atoms with Gasteiger partial charge >= 0.3 is 5.97 Å². The first-order valence-electron chi connectivity index (χ1n) is 6.24. The third-order valence-corrected chi connectivity index (χ3v) is 3.44. The summed E-state index contributed by atoms with van der Waals surface area (Å²) in [5.74, 6) is -1.03. The van der Waals surface area contributed by atoms with Gasteiger partial charge in [-0.2, -0.15) is 0 Å². The number of aryl methyl sites for hydroxylation is 1. The van der Waals surface area contributed by atoms with E-state index in [4.69, 9.17) is 5.11 Å². The van der Waals surface area contributed by atoms with Gasteiger partial charge in [-0.3, -0.25) is 9.59 Å². The molecular formula is C12H19N3O3S. The van der Waals surface area contributed by atoms with E-state index < -0.39 is 5.97 Å². The van der Waals surface area contributed by atoms with Crippen molar-refractivity contribution in [3.05, 3.63) is 11.9 Å². The number of carboxylic acid groups (broad SMARTS) is 1. The minimum absolute atomic E-state index is 0.0588. The van der Waals surface area contributed by atoms with Crippen molar-refractivity contribution in [1.82, 2.24) is 14.9 Å². The van der Waals surface area contributed by atoms with Gasteiger partial charge in [-0.15, -0.1) is 0 Å². The molecule has 2 N–H and O–H groups in total. The van der Waals surface area contributed by atoms with E-state index in [-0.39, 0.29) is 18.2 Å². The van der Waals surface area contributed by atoms with Crippen molar-refractivity contribution in [2.24, 2.45) is 0 Å². The zero-order chi connectivity index (χ0) is 14.3. The average molecular weight is 285 g/mol. The number of carbonyl (C=O) groups excluding carboxylic acids is 1. The van der Waals surface area contributed by atoms with Gasteiger partial charge in [0.25, 0.3) is 0 Å². The molecule has 7 heteroatoms. The number of hydrogen-bond donors (Lipinski definition) is 2. The van der Waals surface area contributed by atoms with Gasteiger partial charge in [0.2, 0.25) is 5.91 Å². The second-order valence-corrected chi connectivity index (χ2v) is 4.95. The van der Waals surface area contributed by atoms with Gasteiger partial charge in [0.15, 0.2) is 5.16 Å². The summed E-state index contributed by atoms with van der Waals surface area (Å²) in [6.07, 6.45) is 3.33. The largest absolute Gasteiger partial charge is 0.481 e. The highest BCUT2D eigenvalue weighted by molar-refractivity contribution is 7.99. The lowest BCUT2D eigenvalue weighted by Crippen LogP contribution is -2.29. The van der Waals surface area contributed by atoms with E-state index in [1.807, 2.05) is 13.8 Å². The predicted molar refractivity (Wildman–Crippen MR) is 73.3 cm³/mol. The summed E-state index contributed by atoms with van der Waals surface area (Å²) in [6.45, 7) is 4.80. The molecule has 0 unspecified atom stereocenters. The Kier molecular flexibility index (Phi) is 6.41. The number of rotatable bonds is 8. The van der Waals surface area contributed by atoms with Crippen LogP contribution in [0.4, 0.5) is 0 Å². The van der Waals surface area contributed by atoms with Gasteiger partial charge in [0, 0.05) is 18.4 Å². The molecule has 0 aliphatic rings. The lowest BCUT2D eigenvalue weighted by molar-refractivity contribution is -0.133. The first-order chi connectivity index (χ1) is 9.08. The van der Waals surface area contributed by atoms with Crippen LogP contribution in [0.3, 0.4) is 0 Å². The third-order valence-electron chi connectivity index (χ3n) is 2.46.